The number of aliphatic carboxylic acids is 1. The van der Waals surface area contributed by atoms with Crippen molar-refractivity contribution in [1.82, 2.24) is 5.32 Å². The number of fused-ring (bicyclic) bond motifs is 1. The van der Waals surface area contributed by atoms with Gasteiger partial charge in [0.2, 0.25) is 0 Å². The van der Waals surface area contributed by atoms with Gasteiger partial charge in [-0.05, 0) is 48.9 Å². The molecule has 0 aromatic heterocycles. The van der Waals surface area contributed by atoms with E-state index in [0.717, 1.165) is 0 Å². The fourth-order valence-corrected chi connectivity index (χ4v) is 4.43. The minimum atomic E-state index is -1.18. The maximum atomic E-state index is 12.5. The summed E-state index contributed by atoms with van der Waals surface area (Å²) in [5.41, 5.74) is 1.25. The molecule has 0 saturated heterocycles. The van der Waals surface area contributed by atoms with Crippen molar-refractivity contribution >= 4 is 46.7 Å². The number of carboxylic acid groups (broad SMARTS) is 1. The van der Waals surface area contributed by atoms with Crippen LogP contribution >= 0.6 is 34.8 Å². The Morgan fingerprint density at radius 1 is 1.08 bits per heavy atom. The van der Waals surface area contributed by atoms with Crippen molar-refractivity contribution in [3.8, 4) is 17.2 Å². The van der Waals surface area contributed by atoms with E-state index in [1.807, 2.05) is 0 Å². The number of ether oxygens (including phenoxy) is 2. The maximum Gasteiger partial charge on any atom is 1.00 e. The molecule has 1 heterocycles. The summed E-state index contributed by atoms with van der Waals surface area (Å²) in [5, 5.41) is 25.3. The van der Waals surface area contributed by atoms with Gasteiger partial charge in [0, 0.05) is 51.2 Å². The van der Waals surface area contributed by atoms with Crippen LogP contribution in [0.25, 0.3) is 0 Å². The Bertz CT molecular complexity index is 1270. The van der Waals surface area contributed by atoms with Crippen LogP contribution in [0.3, 0.4) is 0 Å². The Balaban J connectivity index is 0.00000361. The van der Waals surface area contributed by atoms with E-state index in [2.05, 4.69) is 5.32 Å². The van der Waals surface area contributed by atoms with Crippen LogP contribution < -0.4 is 49.5 Å². The van der Waals surface area contributed by atoms with Crippen molar-refractivity contribution in [3.05, 3.63) is 86.4 Å². The zero-order valence-corrected chi connectivity index (χ0v) is 23.4. The van der Waals surface area contributed by atoms with Crippen molar-refractivity contribution in [1.29, 1.82) is 0 Å². The molecule has 0 aliphatic carbocycles. The zero-order chi connectivity index (χ0) is 25.1. The molecular weight excluding hydrogens is 540 g/mol. The van der Waals surface area contributed by atoms with E-state index in [-0.39, 0.29) is 53.5 Å². The molecule has 2 unspecified atom stereocenters. The predicted molar refractivity (Wildman–Crippen MR) is 130 cm³/mol. The van der Waals surface area contributed by atoms with Gasteiger partial charge in [-0.3, -0.25) is 4.79 Å². The number of carbonyl (C=O) groups excluding carboxylic acids is 2. The van der Waals surface area contributed by atoms with Gasteiger partial charge >= 0.3 is 29.6 Å². The van der Waals surface area contributed by atoms with Crippen LogP contribution in [0, 0.1) is 0 Å². The van der Waals surface area contributed by atoms with Gasteiger partial charge in [0.05, 0.1) is 17.7 Å². The van der Waals surface area contributed by atoms with Crippen molar-refractivity contribution < 1.29 is 58.8 Å². The number of carboxylic acids is 1. The molecule has 7 nitrogen and oxygen atoms in total. The molecule has 1 amide bonds. The Morgan fingerprint density at radius 2 is 1.81 bits per heavy atom. The van der Waals surface area contributed by atoms with E-state index >= 15 is 0 Å². The van der Waals surface area contributed by atoms with Crippen LogP contribution in [0.15, 0.2) is 54.6 Å². The molecule has 4 rings (SSSR count). The summed E-state index contributed by atoms with van der Waals surface area (Å²) in [6.07, 6.45) is -0.699. The number of benzene rings is 3. The van der Waals surface area contributed by atoms with Crippen LogP contribution in [-0.4, -0.2) is 30.1 Å². The monoisotopic (exact) mass is 557 g/mol. The van der Waals surface area contributed by atoms with Gasteiger partial charge in [0.1, 0.15) is 17.2 Å². The quantitative estimate of drug-likeness (QED) is 0.426. The predicted octanol–water partition coefficient (Wildman–Crippen LogP) is 1.52. The summed E-state index contributed by atoms with van der Waals surface area (Å²) >= 11 is 18.3. The number of aliphatic hydroxyl groups excluding tert-OH is 1. The Labute approximate surface area is 244 Å². The fraction of sp³-hybridized carbons (Fsp3) is 0.200. The Hall–Kier alpha value is -1.97. The third-order valence-electron chi connectivity index (χ3n) is 5.51. The minimum Gasteiger partial charge on any atom is -0.549 e. The van der Waals surface area contributed by atoms with Crippen molar-refractivity contribution in [3.63, 3.8) is 0 Å². The maximum absolute atomic E-state index is 12.5. The average molecular weight is 559 g/mol. The second-order valence-electron chi connectivity index (χ2n) is 7.85. The van der Waals surface area contributed by atoms with Gasteiger partial charge in [-0.15, -0.1) is 0 Å². The van der Waals surface area contributed by atoms with Gasteiger partial charge in [0.25, 0.3) is 5.91 Å². The number of aliphatic hydroxyl groups is 1. The number of nitrogens with one attached hydrogen (secondary N) is 1. The van der Waals surface area contributed by atoms with E-state index in [0.29, 0.717) is 44.7 Å². The number of amides is 1. The average Bonchev–Trinajstić information content (AvgIpc) is 2.82. The molecule has 0 saturated carbocycles. The second kappa shape index (κ2) is 12.5. The summed E-state index contributed by atoms with van der Waals surface area (Å²) in [7, 11) is 0. The van der Waals surface area contributed by atoms with Crippen LogP contribution in [-0.2, 0) is 4.79 Å². The van der Waals surface area contributed by atoms with Gasteiger partial charge in [-0.2, -0.15) is 0 Å². The van der Waals surface area contributed by atoms with E-state index in [9.17, 15) is 19.8 Å². The van der Waals surface area contributed by atoms with Gasteiger partial charge in [0.15, 0.2) is 0 Å². The summed E-state index contributed by atoms with van der Waals surface area (Å²) in [6.45, 7) is 0.200. The van der Waals surface area contributed by atoms with E-state index < -0.39 is 23.9 Å². The molecule has 2 atom stereocenters. The minimum absolute atomic E-state index is 0. The largest absolute Gasteiger partial charge is 1.00 e. The topological polar surface area (TPSA) is 108 Å². The Morgan fingerprint density at radius 3 is 2.47 bits per heavy atom. The third kappa shape index (κ3) is 6.66. The molecule has 36 heavy (non-hydrogen) atoms. The van der Waals surface area contributed by atoms with Gasteiger partial charge in [-0.25, -0.2) is 0 Å². The van der Waals surface area contributed by atoms with Crippen molar-refractivity contribution in [2.45, 2.75) is 18.4 Å². The number of hydrogen-bond donors (Lipinski definition) is 2. The molecule has 2 N–H and O–H groups in total. The summed E-state index contributed by atoms with van der Waals surface area (Å²) in [4.78, 5) is 23.9. The zero-order valence-electron chi connectivity index (χ0n) is 19.1. The first-order valence-corrected chi connectivity index (χ1v) is 11.7. The third-order valence-corrected chi connectivity index (χ3v) is 6.37. The van der Waals surface area contributed by atoms with E-state index in [1.54, 1.807) is 36.4 Å². The summed E-state index contributed by atoms with van der Waals surface area (Å²) in [6, 6.07) is 14.1. The van der Waals surface area contributed by atoms with Gasteiger partial charge < -0.3 is 29.8 Å². The van der Waals surface area contributed by atoms with Crippen LogP contribution in [0.1, 0.15) is 39.9 Å². The smallest absolute Gasteiger partial charge is 0.549 e. The van der Waals surface area contributed by atoms with Crippen LogP contribution in [0.2, 0.25) is 15.1 Å². The number of hydrogen-bond acceptors (Lipinski definition) is 6. The molecular formula is C25H19Cl3NNaO6. The SMILES string of the molecule is O=C(NCC(O)c1ccc(Cl)cc1Cl)c1ccc(Oc2cc3c(cc2Cl)C(C(=O)[O-])CCO3)cc1.[Na+]. The molecule has 0 bridgehead atoms. The van der Waals surface area contributed by atoms with Crippen molar-refractivity contribution in [2.24, 2.45) is 0 Å². The van der Waals surface area contributed by atoms with Crippen LogP contribution in [0.4, 0.5) is 0 Å². The number of rotatable bonds is 7. The number of halogens is 3. The summed E-state index contributed by atoms with van der Waals surface area (Å²) in [5.74, 6) is -1.31. The molecule has 0 radical (unpaired) electrons. The molecule has 11 heteroatoms. The van der Waals surface area contributed by atoms with E-state index in [4.69, 9.17) is 44.3 Å². The first kappa shape index (κ1) is 28.6. The number of carbonyl (C=O) groups is 2. The molecule has 182 valence electrons. The molecule has 3 aromatic rings. The van der Waals surface area contributed by atoms with E-state index in [1.165, 1.54) is 18.2 Å². The fourth-order valence-electron chi connectivity index (χ4n) is 3.69. The normalized spacial score (nSPS) is 15.1. The standard InChI is InChI=1S/C25H20Cl3NO6.Na/c26-14-3-6-17(19(27)9-14)21(30)12-29-24(31)13-1-4-15(5-2-13)35-23-11-22-18(10-20(23)28)16(25(32)33)7-8-34-22;/h1-6,9-11,16,21,30H,7-8,12H2,(H,29,31)(H,32,33);/q;+1/p-1. The first-order chi connectivity index (χ1) is 16.7. The second-order valence-corrected chi connectivity index (χ2v) is 9.10. The first-order valence-electron chi connectivity index (χ1n) is 10.6. The molecule has 3 aromatic carbocycles. The van der Waals surface area contributed by atoms with Crippen LogP contribution in [0.5, 0.6) is 17.2 Å². The molecule has 1 aliphatic heterocycles. The van der Waals surface area contributed by atoms with Crippen molar-refractivity contribution in [2.75, 3.05) is 13.2 Å². The van der Waals surface area contributed by atoms with Gasteiger partial charge in [-0.1, -0.05) is 40.9 Å². The molecule has 0 fully saturated rings. The molecule has 1 aliphatic rings. The molecule has 0 spiro atoms. The Kier molecular flexibility index (Phi) is 9.94. The summed E-state index contributed by atoms with van der Waals surface area (Å²) < 4.78 is 11.4.